The summed E-state index contributed by atoms with van der Waals surface area (Å²) in [6, 6.07) is 10.4. The molecule has 1 unspecified atom stereocenters. The number of ether oxygens (including phenoxy) is 1. The van der Waals surface area contributed by atoms with Crippen molar-refractivity contribution in [2.45, 2.75) is 25.5 Å². The molecule has 1 saturated heterocycles. The van der Waals surface area contributed by atoms with Crippen LogP contribution in [0.4, 0.5) is 15.8 Å². The van der Waals surface area contributed by atoms with Crippen LogP contribution in [0.3, 0.4) is 0 Å². The van der Waals surface area contributed by atoms with Gasteiger partial charge in [0.1, 0.15) is 5.82 Å². The number of nitrogens with one attached hydrogen (secondary N) is 1. The van der Waals surface area contributed by atoms with E-state index < -0.39 is 0 Å². The van der Waals surface area contributed by atoms with Crippen molar-refractivity contribution in [2.24, 2.45) is 0 Å². The molecule has 0 amide bonds. The van der Waals surface area contributed by atoms with Gasteiger partial charge in [0.05, 0.1) is 17.4 Å². The zero-order valence-corrected chi connectivity index (χ0v) is 14.6. The SMILES string of the molecule is Fc1ccc(Nc2cc3cnn(C4CCCCO4)c3cc2Br)cc1. The molecular formula is C18H17BrFN3O. The number of rotatable bonds is 3. The lowest BCUT2D eigenvalue weighted by Gasteiger charge is -2.23. The third-order valence-corrected chi connectivity index (χ3v) is 4.89. The van der Waals surface area contributed by atoms with Gasteiger partial charge in [0.2, 0.25) is 0 Å². The third kappa shape index (κ3) is 3.03. The lowest BCUT2D eigenvalue weighted by atomic mass is 10.2. The molecule has 1 aliphatic rings. The maximum atomic E-state index is 13.0. The van der Waals surface area contributed by atoms with Crippen LogP contribution in [0.5, 0.6) is 0 Å². The number of anilines is 2. The standard InChI is InChI=1S/C18H17BrFN3O/c19-15-10-17-12(11-21-23(17)18-3-1-2-8-24-18)9-16(15)22-14-6-4-13(20)5-7-14/h4-7,9-11,18,22H,1-3,8H2. The molecule has 4 rings (SSSR count). The van der Waals surface area contributed by atoms with Crippen molar-refractivity contribution in [3.8, 4) is 0 Å². The summed E-state index contributed by atoms with van der Waals surface area (Å²) >= 11 is 3.61. The van der Waals surface area contributed by atoms with Gasteiger partial charge >= 0.3 is 0 Å². The number of hydrogen-bond donors (Lipinski definition) is 1. The van der Waals surface area contributed by atoms with E-state index in [1.54, 1.807) is 12.1 Å². The number of hydrogen-bond acceptors (Lipinski definition) is 3. The van der Waals surface area contributed by atoms with E-state index in [1.807, 2.05) is 23.0 Å². The molecule has 1 atom stereocenters. The van der Waals surface area contributed by atoms with Crippen LogP contribution in [-0.4, -0.2) is 16.4 Å². The van der Waals surface area contributed by atoms with Crippen molar-refractivity contribution in [3.63, 3.8) is 0 Å². The summed E-state index contributed by atoms with van der Waals surface area (Å²) in [6.45, 7) is 0.789. The van der Waals surface area contributed by atoms with E-state index in [4.69, 9.17) is 4.74 Å². The second-order valence-corrected chi connectivity index (χ2v) is 6.79. The number of halogens is 2. The largest absolute Gasteiger partial charge is 0.356 e. The van der Waals surface area contributed by atoms with Gasteiger partial charge < -0.3 is 10.1 Å². The summed E-state index contributed by atoms with van der Waals surface area (Å²) in [7, 11) is 0. The van der Waals surface area contributed by atoms with Crippen LogP contribution in [-0.2, 0) is 4.74 Å². The normalized spacial score (nSPS) is 18.0. The Morgan fingerprint density at radius 1 is 1.21 bits per heavy atom. The average molecular weight is 390 g/mol. The molecule has 3 aromatic rings. The van der Waals surface area contributed by atoms with Crippen LogP contribution in [0.1, 0.15) is 25.5 Å². The highest BCUT2D eigenvalue weighted by atomic mass is 79.9. The molecule has 0 bridgehead atoms. The predicted molar refractivity (Wildman–Crippen MR) is 96.0 cm³/mol. The van der Waals surface area contributed by atoms with E-state index >= 15 is 0 Å². The molecule has 2 heterocycles. The molecule has 0 aliphatic carbocycles. The van der Waals surface area contributed by atoms with Gasteiger partial charge in [-0.05, 0) is 71.6 Å². The highest BCUT2D eigenvalue weighted by molar-refractivity contribution is 9.10. The molecule has 1 fully saturated rings. The van der Waals surface area contributed by atoms with Gasteiger partial charge in [0.25, 0.3) is 0 Å². The Kier molecular flexibility index (Phi) is 4.24. The first kappa shape index (κ1) is 15.6. The molecule has 4 nitrogen and oxygen atoms in total. The fourth-order valence-corrected chi connectivity index (χ4v) is 3.43. The van der Waals surface area contributed by atoms with Crippen molar-refractivity contribution >= 4 is 38.2 Å². The first-order valence-electron chi connectivity index (χ1n) is 8.02. The van der Waals surface area contributed by atoms with E-state index in [9.17, 15) is 4.39 Å². The molecule has 0 spiro atoms. The Morgan fingerprint density at radius 2 is 2.04 bits per heavy atom. The van der Waals surface area contributed by atoms with Gasteiger partial charge in [-0.2, -0.15) is 5.10 Å². The van der Waals surface area contributed by atoms with Gasteiger partial charge in [0, 0.05) is 22.2 Å². The molecule has 6 heteroatoms. The minimum Gasteiger partial charge on any atom is -0.356 e. The number of benzene rings is 2. The van der Waals surface area contributed by atoms with Gasteiger partial charge in [-0.1, -0.05) is 0 Å². The molecule has 124 valence electrons. The average Bonchev–Trinajstić information content (AvgIpc) is 3.00. The van der Waals surface area contributed by atoms with Crippen molar-refractivity contribution in [2.75, 3.05) is 11.9 Å². The van der Waals surface area contributed by atoms with Crippen LogP contribution in [0, 0.1) is 5.82 Å². The van der Waals surface area contributed by atoms with Crippen molar-refractivity contribution < 1.29 is 9.13 Å². The number of fused-ring (bicyclic) bond motifs is 1. The summed E-state index contributed by atoms with van der Waals surface area (Å²) in [5.74, 6) is -0.246. The highest BCUT2D eigenvalue weighted by Gasteiger charge is 2.19. The fourth-order valence-electron chi connectivity index (χ4n) is 3.00. The Balaban J connectivity index is 1.66. The Hall–Kier alpha value is -1.92. The van der Waals surface area contributed by atoms with E-state index in [-0.39, 0.29) is 12.0 Å². The molecule has 24 heavy (non-hydrogen) atoms. The quantitative estimate of drug-likeness (QED) is 0.653. The summed E-state index contributed by atoms with van der Waals surface area (Å²) in [4.78, 5) is 0. The van der Waals surface area contributed by atoms with Gasteiger partial charge in [-0.3, -0.25) is 0 Å². The second-order valence-electron chi connectivity index (χ2n) is 5.93. The Morgan fingerprint density at radius 3 is 2.79 bits per heavy atom. The number of aromatic nitrogens is 2. The van der Waals surface area contributed by atoms with Crippen LogP contribution in [0.25, 0.3) is 10.9 Å². The van der Waals surface area contributed by atoms with Gasteiger partial charge in [-0.15, -0.1) is 0 Å². The van der Waals surface area contributed by atoms with Crippen LogP contribution >= 0.6 is 15.9 Å². The minimum atomic E-state index is -0.246. The topological polar surface area (TPSA) is 39.1 Å². The van der Waals surface area contributed by atoms with Gasteiger partial charge in [-0.25, -0.2) is 9.07 Å². The van der Waals surface area contributed by atoms with Crippen molar-refractivity contribution in [3.05, 3.63) is 52.9 Å². The fraction of sp³-hybridized carbons (Fsp3) is 0.278. The summed E-state index contributed by atoms with van der Waals surface area (Å²) in [5, 5.41) is 8.85. The maximum absolute atomic E-state index is 13.0. The van der Waals surface area contributed by atoms with E-state index in [2.05, 4.69) is 26.3 Å². The third-order valence-electron chi connectivity index (χ3n) is 4.24. The van der Waals surface area contributed by atoms with Crippen LogP contribution in [0.2, 0.25) is 0 Å². The summed E-state index contributed by atoms with van der Waals surface area (Å²) in [5.41, 5.74) is 2.79. The second kappa shape index (κ2) is 6.53. The first-order chi connectivity index (χ1) is 11.7. The number of nitrogens with zero attached hydrogens (tertiary/aromatic N) is 2. The smallest absolute Gasteiger partial charge is 0.150 e. The maximum Gasteiger partial charge on any atom is 0.150 e. The molecule has 1 aliphatic heterocycles. The molecule has 1 N–H and O–H groups in total. The molecular weight excluding hydrogens is 373 g/mol. The van der Waals surface area contributed by atoms with Crippen LogP contribution < -0.4 is 5.32 Å². The molecule has 0 radical (unpaired) electrons. The van der Waals surface area contributed by atoms with E-state index in [1.165, 1.54) is 12.1 Å². The highest BCUT2D eigenvalue weighted by Crippen LogP contribution is 2.33. The first-order valence-corrected chi connectivity index (χ1v) is 8.81. The van der Waals surface area contributed by atoms with E-state index in [0.717, 1.165) is 52.6 Å². The Labute approximate surface area is 147 Å². The monoisotopic (exact) mass is 389 g/mol. The summed E-state index contributed by atoms with van der Waals surface area (Å²) in [6.07, 6.45) is 5.14. The van der Waals surface area contributed by atoms with Crippen molar-refractivity contribution in [1.82, 2.24) is 9.78 Å². The zero-order valence-electron chi connectivity index (χ0n) is 13.0. The summed E-state index contributed by atoms with van der Waals surface area (Å²) < 4.78 is 21.8. The zero-order chi connectivity index (χ0) is 16.5. The lowest BCUT2D eigenvalue weighted by Crippen LogP contribution is -2.18. The molecule has 1 aromatic heterocycles. The predicted octanol–water partition coefficient (Wildman–Crippen LogP) is 5.38. The lowest BCUT2D eigenvalue weighted by molar-refractivity contribution is -0.0366. The Bertz CT molecular complexity index is 857. The van der Waals surface area contributed by atoms with Crippen molar-refractivity contribution in [1.29, 1.82) is 0 Å². The van der Waals surface area contributed by atoms with E-state index in [0.29, 0.717) is 0 Å². The van der Waals surface area contributed by atoms with Crippen LogP contribution in [0.15, 0.2) is 47.1 Å². The van der Waals surface area contributed by atoms with Gasteiger partial charge in [0.15, 0.2) is 6.23 Å². The molecule has 0 saturated carbocycles. The minimum absolute atomic E-state index is 0.0130. The molecule has 2 aromatic carbocycles.